The Balaban J connectivity index is 2.04. The van der Waals surface area contributed by atoms with Gasteiger partial charge in [-0.05, 0) is 42.7 Å². The first-order valence-electron chi connectivity index (χ1n) is 12.5. The molecule has 0 radical (unpaired) electrons. The number of carbonyl (C=O) groups is 2. The molecule has 202 valence electrons. The highest BCUT2D eigenvalue weighted by Gasteiger charge is 2.33. The van der Waals surface area contributed by atoms with Crippen LogP contribution in [0.5, 0.6) is 0 Å². The van der Waals surface area contributed by atoms with Gasteiger partial charge in [0.25, 0.3) is 0 Å². The Bertz CT molecular complexity index is 1320. The van der Waals surface area contributed by atoms with Gasteiger partial charge < -0.3 is 10.2 Å². The summed E-state index contributed by atoms with van der Waals surface area (Å²) in [6.45, 7) is 3.54. The zero-order chi connectivity index (χ0) is 27.7. The third-order valence-electron chi connectivity index (χ3n) is 6.24. The summed E-state index contributed by atoms with van der Waals surface area (Å²) in [5, 5.41) is 3.36. The minimum atomic E-state index is -3.84. The van der Waals surface area contributed by atoms with Crippen molar-refractivity contribution in [2.45, 2.75) is 45.3 Å². The predicted molar refractivity (Wildman–Crippen MR) is 152 cm³/mol. The average molecular weight is 556 g/mol. The van der Waals surface area contributed by atoms with Gasteiger partial charge in [-0.2, -0.15) is 0 Å². The molecule has 1 N–H and O–H groups in total. The van der Waals surface area contributed by atoms with Gasteiger partial charge in [0, 0.05) is 24.0 Å². The van der Waals surface area contributed by atoms with Crippen molar-refractivity contribution in [3.8, 4) is 0 Å². The van der Waals surface area contributed by atoms with Gasteiger partial charge in [-0.25, -0.2) is 8.42 Å². The van der Waals surface area contributed by atoms with E-state index < -0.39 is 28.5 Å². The van der Waals surface area contributed by atoms with Gasteiger partial charge in [-0.15, -0.1) is 0 Å². The normalized spacial score (nSPS) is 12.8. The molecule has 0 aliphatic carbocycles. The number of sulfonamides is 1. The molecule has 0 bridgehead atoms. The lowest BCUT2D eigenvalue weighted by Crippen LogP contribution is -2.54. The predicted octanol–water partition coefficient (Wildman–Crippen LogP) is 4.66. The summed E-state index contributed by atoms with van der Waals surface area (Å²) in [7, 11) is -3.84. The van der Waals surface area contributed by atoms with Crippen molar-refractivity contribution < 1.29 is 18.0 Å². The fraction of sp³-hybridized carbons (Fsp3) is 0.310. The van der Waals surface area contributed by atoms with Gasteiger partial charge in [0.2, 0.25) is 21.8 Å². The first-order chi connectivity index (χ1) is 18.1. The summed E-state index contributed by atoms with van der Waals surface area (Å²) in [6, 6.07) is 24.2. The molecule has 3 rings (SSSR count). The molecule has 7 nitrogen and oxygen atoms in total. The highest BCUT2D eigenvalue weighted by molar-refractivity contribution is 7.92. The molecular formula is C29H34ClN3O4S. The van der Waals surface area contributed by atoms with Gasteiger partial charge in [0.05, 0.1) is 11.9 Å². The highest BCUT2D eigenvalue weighted by Crippen LogP contribution is 2.23. The Morgan fingerprint density at radius 3 is 2.08 bits per heavy atom. The van der Waals surface area contributed by atoms with Gasteiger partial charge in [-0.3, -0.25) is 13.9 Å². The maximum atomic E-state index is 14.0. The van der Waals surface area contributed by atoms with E-state index in [1.165, 1.54) is 11.0 Å². The number of rotatable bonds is 12. The van der Waals surface area contributed by atoms with Crippen LogP contribution in [0.1, 0.15) is 31.4 Å². The molecule has 3 aromatic rings. The fourth-order valence-electron chi connectivity index (χ4n) is 4.02. The minimum absolute atomic E-state index is 0.0894. The van der Waals surface area contributed by atoms with Crippen LogP contribution in [0.15, 0.2) is 84.9 Å². The standard InChI is InChI=1S/C29H34ClN3O4S/c1-4-22(2)31-29(35)27(18-23-12-7-5-8-13-23)32(20-24-14-9-6-10-15-24)28(34)21-33(38(3,36)37)26-17-11-16-25(30)19-26/h5-17,19,22,27H,4,18,20-21H2,1-3H3,(H,31,35)/t22-,27-/m0/s1. The molecule has 2 amide bonds. The van der Waals surface area contributed by atoms with Crippen molar-refractivity contribution in [2.75, 3.05) is 17.1 Å². The number of carbonyl (C=O) groups excluding carboxylic acids is 2. The van der Waals surface area contributed by atoms with E-state index in [0.29, 0.717) is 5.02 Å². The number of benzene rings is 3. The first-order valence-corrected chi connectivity index (χ1v) is 14.7. The smallest absolute Gasteiger partial charge is 0.244 e. The number of halogens is 1. The summed E-state index contributed by atoms with van der Waals surface area (Å²) in [5.74, 6) is -0.791. The van der Waals surface area contributed by atoms with E-state index in [1.54, 1.807) is 18.2 Å². The fourth-order valence-corrected chi connectivity index (χ4v) is 5.05. The zero-order valence-corrected chi connectivity index (χ0v) is 23.5. The number of anilines is 1. The van der Waals surface area contributed by atoms with E-state index in [2.05, 4.69) is 5.32 Å². The lowest BCUT2D eigenvalue weighted by atomic mass is 10.0. The highest BCUT2D eigenvalue weighted by atomic mass is 35.5. The number of nitrogens with zero attached hydrogens (tertiary/aromatic N) is 2. The van der Waals surface area contributed by atoms with E-state index in [9.17, 15) is 18.0 Å². The minimum Gasteiger partial charge on any atom is -0.352 e. The van der Waals surface area contributed by atoms with Crippen molar-refractivity contribution in [2.24, 2.45) is 0 Å². The maximum Gasteiger partial charge on any atom is 0.244 e. The van der Waals surface area contributed by atoms with Crippen molar-refractivity contribution in [1.82, 2.24) is 10.2 Å². The zero-order valence-electron chi connectivity index (χ0n) is 21.9. The van der Waals surface area contributed by atoms with Crippen LogP contribution < -0.4 is 9.62 Å². The molecule has 0 heterocycles. The largest absolute Gasteiger partial charge is 0.352 e. The molecular weight excluding hydrogens is 522 g/mol. The quantitative estimate of drug-likeness (QED) is 0.352. The molecule has 9 heteroatoms. The molecule has 38 heavy (non-hydrogen) atoms. The van der Waals surface area contributed by atoms with Crippen LogP contribution in [-0.4, -0.2) is 50.0 Å². The molecule has 0 saturated heterocycles. The van der Waals surface area contributed by atoms with E-state index in [1.807, 2.05) is 74.5 Å². The lowest BCUT2D eigenvalue weighted by Gasteiger charge is -2.34. The third-order valence-corrected chi connectivity index (χ3v) is 7.62. The number of hydrogen-bond donors (Lipinski definition) is 1. The number of nitrogens with one attached hydrogen (secondary N) is 1. The van der Waals surface area contributed by atoms with Crippen molar-refractivity contribution >= 4 is 39.1 Å². The van der Waals surface area contributed by atoms with Gasteiger partial charge in [-0.1, -0.05) is 85.3 Å². The Morgan fingerprint density at radius 1 is 0.921 bits per heavy atom. The SMILES string of the molecule is CC[C@H](C)NC(=O)[C@H](Cc1ccccc1)N(Cc1ccccc1)C(=O)CN(c1cccc(Cl)c1)S(C)(=O)=O. The molecule has 0 saturated carbocycles. The summed E-state index contributed by atoms with van der Waals surface area (Å²) >= 11 is 6.12. The number of hydrogen-bond acceptors (Lipinski definition) is 4. The molecule has 0 spiro atoms. The van der Waals surface area contributed by atoms with Crippen molar-refractivity contribution in [3.05, 3.63) is 101 Å². The van der Waals surface area contributed by atoms with E-state index in [-0.39, 0.29) is 30.6 Å². The van der Waals surface area contributed by atoms with Crippen LogP contribution in [-0.2, 0) is 32.6 Å². The van der Waals surface area contributed by atoms with Gasteiger partial charge in [0.15, 0.2) is 0 Å². The average Bonchev–Trinajstić information content (AvgIpc) is 2.89. The molecule has 0 aliphatic heterocycles. The summed E-state index contributed by atoms with van der Waals surface area (Å²) < 4.78 is 26.6. The van der Waals surface area contributed by atoms with E-state index in [4.69, 9.17) is 11.6 Å². The Morgan fingerprint density at radius 2 is 1.53 bits per heavy atom. The second kappa shape index (κ2) is 13.4. The van der Waals surface area contributed by atoms with E-state index in [0.717, 1.165) is 28.1 Å². The van der Waals surface area contributed by atoms with Crippen LogP contribution in [0.2, 0.25) is 5.02 Å². The molecule has 0 aliphatic rings. The molecule has 0 fully saturated rings. The lowest BCUT2D eigenvalue weighted by molar-refractivity contribution is -0.140. The Kier molecular flexibility index (Phi) is 10.3. The van der Waals surface area contributed by atoms with Crippen LogP contribution >= 0.6 is 11.6 Å². The van der Waals surface area contributed by atoms with Crippen LogP contribution in [0.25, 0.3) is 0 Å². The summed E-state index contributed by atoms with van der Waals surface area (Å²) in [4.78, 5) is 29.0. The van der Waals surface area contributed by atoms with Crippen molar-refractivity contribution in [3.63, 3.8) is 0 Å². The van der Waals surface area contributed by atoms with Gasteiger partial charge in [0.1, 0.15) is 12.6 Å². The topological polar surface area (TPSA) is 86.8 Å². The van der Waals surface area contributed by atoms with Crippen LogP contribution in [0.3, 0.4) is 0 Å². The third kappa shape index (κ3) is 8.33. The van der Waals surface area contributed by atoms with Gasteiger partial charge >= 0.3 is 0 Å². The number of amides is 2. The monoisotopic (exact) mass is 555 g/mol. The summed E-state index contributed by atoms with van der Waals surface area (Å²) in [5.41, 5.74) is 1.98. The maximum absolute atomic E-state index is 14.0. The van der Waals surface area contributed by atoms with Crippen molar-refractivity contribution in [1.29, 1.82) is 0 Å². The second-order valence-corrected chi connectivity index (χ2v) is 11.6. The molecule has 0 aromatic heterocycles. The van der Waals surface area contributed by atoms with Crippen LogP contribution in [0.4, 0.5) is 5.69 Å². The second-order valence-electron chi connectivity index (χ2n) is 9.28. The van der Waals surface area contributed by atoms with Crippen LogP contribution in [0, 0.1) is 0 Å². The molecule has 2 atom stereocenters. The molecule has 3 aromatic carbocycles. The molecule has 0 unspecified atom stereocenters. The first kappa shape index (κ1) is 29.2. The Labute approximate surface area is 230 Å². The Hall–Kier alpha value is -3.36. The van der Waals surface area contributed by atoms with E-state index >= 15 is 0 Å². The summed E-state index contributed by atoms with van der Waals surface area (Å²) in [6.07, 6.45) is 2.05.